The van der Waals surface area contributed by atoms with E-state index in [0.717, 1.165) is 44.8 Å². The second-order valence-corrected chi connectivity index (χ2v) is 5.01. The molecule has 3 heteroatoms. The molecule has 0 radical (unpaired) electrons. The van der Waals surface area contributed by atoms with Crippen molar-refractivity contribution in [3.05, 3.63) is 0 Å². The molecule has 3 atom stereocenters. The van der Waals surface area contributed by atoms with Gasteiger partial charge in [-0.1, -0.05) is 0 Å². The summed E-state index contributed by atoms with van der Waals surface area (Å²) >= 11 is 0. The fourth-order valence-electron chi connectivity index (χ4n) is 2.82. The van der Waals surface area contributed by atoms with E-state index in [4.69, 9.17) is 4.74 Å². The third kappa shape index (κ3) is 2.92. The van der Waals surface area contributed by atoms with Crippen molar-refractivity contribution >= 4 is 0 Å². The van der Waals surface area contributed by atoms with Gasteiger partial charge >= 0.3 is 0 Å². The first-order valence-corrected chi connectivity index (χ1v) is 6.29. The molecule has 0 aromatic carbocycles. The van der Waals surface area contributed by atoms with E-state index in [2.05, 4.69) is 12.2 Å². The molecule has 2 fully saturated rings. The molecule has 0 bridgehead atoms. The lowest BCUT2D eigenvalue weighted by Crippen LogP contribution is -2.45. The Labute approximate surface area is 92.2 Å². The summed E-state index contributed by atoms with van der Waals surface area (Å²) < 4.78 is 5.36. The predicted octanol–water partition coefficient (Wildman–Crippen LogP) is 1.30. The molecule has 1 heterocycles. The smallest absolute Gasteiger partial charge is 0.0693 e. The first-order valence-electron chi connectivity index (χ1n) is 6.29. The third-order valence-electron chi connectivity index (χ3n) is 3.93. The van der Waals surface area contributed by atoms with Crippen LogP contribution in [-0.4, -0.2) is 36.5 Å². The largest absolute Gasteiger partial charge is 0.392 e. The second kappa shape index (κ2) is 5.28. The van der Waals surface area contributed by atoms with Gasteiger partial charge < -0.3 is 15.2 Å². The van der Waals surface area contributed by atoms with Crippen molar-refractivity contribution in [2.75, 3.05) is 13.2 Å². The zero-order valence-corrected chi connectivity index (χ0v) is 9.61. The molecule has 2 N–H and O–H groups in total. The average Bonchev–Trinajstić information content (AvgIpc) is 2.66. The average molecular weight is 213 g/mol. The van der Waals surface area contributed by atoms with Gasteiger partial charge in [-0.05, 0) is 44.9 Å². The number of aliphatic hydroxyl groups excluding tert-OH is 1. The quantitative estimate of drug-likeness (QED) is 0.742. The summed E-state index contributed by atoms with van der Waals surface area (Å²) in [6.45, 7) is 4.06. The number of hydrogen-bond acceptors (Lipinski definition) is 3. The van der Waals surface area contributed by atoms with Crippen LogP contribution in [0.1, 0.15) is 39.0 Å². The van der Waals surface area contributed by atoms with E-state index in [1.165, 1.54) is 6.42 Å². The van der Waals surface area contributed by atoms with Crippen LogP contribution >= 0.6 is 0 Å². The summed E-state index contributed by atoms with van der Waals surface area (Å²) in [4.78, 5) is 0. The van der Waals surface area contributed by atoms with E-state index in [1.807, 2.05) is 0 Å². The second-order valence-electron chi connectivity index (χ2n) is 5.01. The van der Waals surface area contributed by atoms with E-state index in [1.54, 1.807) is 0 Å². The van der Waals surface area contributed by atoms with E-state index in [0.29, 0.717) is 12.1 Å². The lowest BCUT2D eigenvalue weighted by molar-refractivity contribution is 0.0504. The Morgan fingerprint density at radius 3 is 2.53 bits per heavy atom. The summed E-state index contributed by atoms with van der Waals surface area (Å²) in [6.07, 6.45) is 5.48. The maximum Gasteiger partial charge on any atom is 0.0693 e. The fraction of sp³-hybridized carbons (Fsp3) is 1.00. The van der Waals surface area contributed by atoms with Crippen LogP contribution in [0.3, 0.4) is 0 Å². The Bertz CT molecular complexity index is 192. The van der Waals surface area contributed by atoms with Crippen LogP contribution in [0.4, 0.5) is 0 Å². The van der Waals surface area contributed by atoms with Crippen molar-refractivity contribution in [3.63, 3.8) is 0 Å². The zero-order chi connectivity index (χ0) is 10.7. The van der Waals surface area contributed by atoms with Gasteiger partial charge in [-0.15, -0.1) is 0 Å². The molecule has 1 aliphatic heterocycles. The van der Waals surface area contributed by atoms with Gasteiger partial charge in [0.2, 0.25) is 0 Å². The maximum absolute atomic E-state index is 9.75. The van der Waals surface area contributed by atoms with Crippen molar-refractivity contribution in [3.8, 4) is 0 Å². The first-order chi connectivity index (χ1) is 7.27. The van der Waals surface area contributed by atoms with Crippen LogP contribution in [0.5, 0.6) is 0 Å². The Morgan fingerprint density at radius 2 is 1.93 bits per heavy atom. The Hall–Kier alpha value is -0.120. The van der Waals surface area contributed by atoms with Gasteiger partial charge in [0.25, 0.3) is 0 Å². The molecular formula is C12H23NO2. The molecule has 3 unspecified atom stereocenters. The highest BCUT2D eigenvalue weighted by molar-refractivity contribution is 4.86. The van der Waals surface area contributed by atoms with Crippen LogP contribution in [-0.2, 0) is 4.74 Å². The third-order valence-corrected chi connectivity index (χ3v) is 3.93. The highest BCUT2D eigenvalue weighted by Crippen LogP contribution is 2.23. The lowest BCUT2D eigenvalue weighted by atomic mass is 9.92. The minimum absolute atomic E-state index is 0.118. The predicted molar refractivity (Wildman–Crippen MR) is 59.8 cm³/mol. The minimum atomic E-state index is -0.118. The highest BCUT2D eigenvalue weighted by Gasteiger charge is 2.29. The van der Waals surface area contributed by atoms with E-state index >= 15 is 0 Å². The van der Waals surface area contributed by atoms with Gasteiger partial charge in [0.05, 0.1) is 6.10 Å². The molecule has 1 aliphatic carbocycles. The minimum Gasteiger partial charge on any atom is -0.392 e. The SMILES string of the molecule is CC(NC1CCCC1O)C1CCOCC1. The number of ether oxygens (including phenoxy) is 1. The number of nitrogens with one attached hydrogen (secondary N) is 1. The summed E-state index contributed by atoms with van der Waals surface area (Å²) in [7, 11) is 0. The van der Waals surface area contributed by atoms with Gasteiger partial charge in [0, 0.05) is 25.3 Å². The van der Waals surface area contributed by atoms with Gasteiger partial charge in [-0.25, -0.2) is 0 Å². The zero-order valence-electron chi connectivity index (χ0n) is 9.61. The molecule has 0 aromatic rings. The van der Waals surface area contributed by atoms with E-state index < -0.39 is 0 Å². The van der Waals surface area contributed by atoms with Crippen LogP contribution in [0.25, 0.3) is 0 Å². The topological polar surface area (TPSA) is 41.5 Å². The summed E-state index contributed by atoms with van der Waals surface area (Å²) in [5.74, 6) is 0.728. The first kappa shape index (κ1) is 11.4. The van der Waals surface area contributed by atoms with Crippen molar-refractivity contribution < 1.29 is 9.84 Å². The van der Waals surface area contributed by atoms with Crippen LogP contribution in [0, 0.1) is 5.92 Å². The van der Waals surface area contributed by atoms with Gasteiger partial charge in [0.15, 0.2) is 0 Å². The lowest BCUT2D eigenvalue weighted by Gasteiger charge is -2.31. The van der Waals surface area contributed by atoms with Crippen molar-refractivity contribution in [2.24, 2.45) is 5.92 Å². The monoisotopic (exact) mass is 213 g/mol. The standard InChI is InChI=1S/C12H23NO2/c1-9(10-5-7-15-8-6-10)13-11-3-2-4-12(11)14/h9-14H,2-8H2,1H3. The fourth-order valence-corrected chi connectivity index (χ4v) is 2.82. The van der Waals surface area contributed by atoms with Crippen molar-refractivity contribution in [1.82, 2.24) is 5.32 Å². The number of hydrogen-bond donors (Lipinski definition) is 2. The van der Waals surface area contributed by atoms with Gasteiger partial charge in [-0.2, -0.15) is 0 Å². The number of rotatable bonds is 3. The molecule has 0 spiro atoms. The van der Waals surface area contributed by atoms with Gasteiger partial charge in [0.1, 0.15) is 0 Å². The van der Waals surface area contributed by atoms with Crippen LogP contribution < -0.4 is 5.32 Å². The maximum atomic E-state index is 9.75. The van der Waals surface area contributed by atoms with E-state index in [9.17, 15) is 5.11 Å². The molecular weight excluding hydrogens is 190 g/mol. The van der Waals surface area contributed by atoms with Crippen molar-refractivity contribution in [2.45, 2.75) is 57.2 Å². The highest BCUT2D eigenvalue weighted by atomic mass is 16.5. The van der Waals surface area contributed by atoms with E-state index in [-0.39, 0.29) is 6.10 Å². The normalized spacial score (nSPS) is 35.6. The Balaban J connectivity index is 1.77. The van der Waals surface area contributed by atoms with Crippen LogP contribution in [0.2, 0.25) is 0 Å². The van der Waals surface area contributed by atoms with Crippen LogP contribution in [0.15, 0.2) is 0 Å². The summed E-state index contributed by atoms with van der Waals surface area (Å²) in [5.41, 5.74) is 0. The summed E-state index contributed by atoms with van der Waals surface area (Å²) in [6, 6.07) is 0.856. The van der Waals surface area contributed by atoms with Gasteiger partial charge in [-0.3, -0.25) is 0 Å². The molecule has 0 aromatic heterocycles. The summed E-state index contributed by atoms with van der Waals surface area (Å²) in [5, 5.41) is 13.3. The molecule has 1 saturated heterocycles. The molecule has 0 amide bonds. The Morgan fingerprint density at radius 1 is 1.20 bits per heavy atom. The Kier molecular flexibility index (Phi) is 4.00. The molecule has 88 valence electrons. The number of aliphatic hydroxyl groups is 1. The molecule has 3 nitrogen and oxygen atoms in total. The molecule has 15 heavy (non-hydrogen) atoms. The molecule has 2 aliphatic rings. The van der Waals surface area contributed by atoms with Crippen molar-refractivity contribution in [1.29, 1.82) is 0 Å². The molecule has 1 saturated carbocycles. The molecule has 2 rings (SSSR count).